The normalized spacial score (nSPS) is 15.2. The molecular formula is C15H25NO2. The highest BCUT2D eigenvalue weighted by Crippen LogP contribution is 2.24. The van der Waals surface area contributed by atoms with Crippen LogP contribution in [0.3, 0.4) is 0 Å². The van der Waals surface area contributed by atoms with Crippen LogP contribution in [0, 0.1) is 0 Å². The van der Waals surface area contributed by atoms with Crippen molar-refractivity contribution in [1.82, 2.24) is 5.32 Å². The summed E-state index contributed by atoms with van der Waals surface area (Å²) in [6.45, 7) is 8.97. The Balaban J connectivity index is 2.65. The maximum atomic E-state index is 9.27. The average Bonchev–Trinajstić information content (AvgIpc) is 2.35. The van der Waals surface area contributed by atoms with Crippen LogP contribution in [-0.2, 0) is 5.41 Å². The Morgan fingerprint density at radius 1 is 1.11 bits per heavy atom. The largest absolute Gasteiger partial charge is 0.492 e. The molecule has 0 saturated heterocycles. The van der Waals surface area contributed by atoms with Gasteiger partial charge >= 0.3 is 0 Å². The van der Waals surface area contributed by atoms with Gasteiger partial charge in [0.2, 0.25) is 0 Å². The fourth-order valence-electron chi connectivity index (χ4n) is 1.49. The van der Waals surface area contributed by atoms with Gasteiger partial charge < -0.3 is 15.2 Å². The Morgan fingerprint density at radius 2 is 1.67 bits per heavy atom. The van der Waals surface area contributed by atoms with Crippen molar-refractivity contribution in [1.29, 1.82) is 0 Å². The molecular weight excluding hydrogens is 226 g/mol. The average molecular weight is 251 g/mol. The lowest BCUT2D eigenvalue weighted by molar-refractivity contribution is 0.122. The number of ether oxygens (including phenoxy) is 1. The number of hydrogen-bond acceptors (Lipinski definition) is 3. The molecule has 1 aromatic carbocycles. The molecule has 0 heterocycles. The van der Waals surface area contributed by atoms with Crippen LogP contribution in [0.5, 0.6) is 5.75 Å². The first-order valence-corrected chi connectivity index (χ1v) is 6.34. The van der Waals surface area contributed by atoms with E-state index >= 15 is 0 Å². The van der Waals surface area contributed by atoms with Crippen molar-refractivity contribution in [2.24, 2.45) is 0 Å². The second-order valence-corrected chi connectivity index (χ2v) is 6.03. The summed E-state index contributed by atoms with van der Waals surface area (Å²) in [6.07, 6.45) is 0. The first kappa shape index (κ1) is 15.0. The van der Waals surface area contributed by atoms with Crippen LogP contribution in [0.2, 0.25) is 0 Å². The van der Waals surface area contributed by atoms with E-state index in [1.165, 1.54) is 5.56 Å². The Bertz CT molecular complexity index is 361. The molecule has 0 radical (unpaired) electrons. The first-order chi connectivity index (χ1) is 8.30. The Kier molecular flexibility index (Phi) is 4.77. The molecule has 0 aromatic heterocycles. The molecule has 0 amide bonds. The van der Waals surface area contributed by atoms with Gasteiger partial charge in [0.05, 0.1) is 12.1 Å². The second kappa shape index (κ2) is 5.72. The molecule has 18 heavy (non-hydrogen) atoms. The molecule has 1 unspecified atom stereocenters. The van der Waals surface area contributed by atoms with E-state index in [9.17, 15) is 5.11 Å². The molecule has 1 atom stereocenters. The highest BCUT2D eigenvalue weighted by molar-refractivity contribution is 5.31. The lowest BCUT2D eigenvalue weighted by Crippen LogP contribution is -2.48. The van der Waals surface area contributed by atoms with Gasteiger partial charge in [0.1, 0.15) is 12.4 Å². The number of nitrogens with one attached hydrogen (secondary N) is 1. The summed E-state index contributed by atoms with van der Waals surface area (Å²) in [7, 11) is 1.82. The van der Waals surface area contributed by atoms with E-state index in [0.29, 0.717) is 6.61 Å². The SMILES string of the molecule is CNC(C)(CO)COc1ccc(C(C)(C)C)cc1. The van der Waals surface area contributed by atoms with Gasteiger partial charge in [-0.05, 0) is 37.1 Å². The lowest BCUT2D eigenvalue weighted by Gasteiger charge is -2.27. The topological polar surface area (TPSA) is 41.5 Å². The van der Waals surface area contributed by atoms with Gasteiger partial charge in [0.15, 0.2) is 0 Å². The minimum Gasteiger partial charge on any atom is -0.492 e. The number of likely N-dealkylation sites (N-methyl/N-ethyl adjacent to an activating group) is 1. The molecule has 0 aliphatic heterocycles. The van der Waals surface area contributed by atoms with Crippen molar-refractivity contribution in [3.63, 3.8) is 0 Å². The molecule has 3 nitrogen and oxygen atoms in total. The highest BCUT2D eigenvalue weighted by Gasteiger charge is 2.21. The van der Waals surface area contributed by atoms with Gasteiger partial charge in [0, 0.05) is 0 Å². The van der Waals surface area contributed by atoms with Crippen molar-refractivity contribution < 1.29 is 9.84 Å². The summed E-state index contributed by atoms with van der Waals surface area (Å²) in [5.41, 5.74) is 1.04. The third kappa shape index (κ3) is 4.00. The van der Waals surface area contributed by atoms with Gasteiger partial charge in [-0.25, -0.2) is 0 Å². The minimum absolute atomic E-state index is 0.0452. The fraction of sp³-hybridized carbons (Fsp3) is 0.600. The molecule has 0 aliphatic carbocycles. The van der Waals surface area contributed by atoms with Crippen molar-refractivity contribution in [2.45, 2.75) is 38.6 Å². The second-order valence-electron chi connectivity index (χ2n) is 6.03. The van der Waals surface area contributed by atoms with Gasteiger partial charge in [0.25, 0.3) is 0 Å². The third-order valence-electron chi connectivity index (χ3n) is 3.23. The van der Waals surface area contributed by atoms with Crippen LogP contribution < -0.4 is 10.1 Å². The molecule has 1 rings (SSSR count). The zero-order valence-electron chi connectivity index (χ0n) is 12.1. The zero-order valence-corrected chi connectivity index (χ0v) is 12.1. The number of rotatable bonds is 5. The van der Waals surface area contributed by atoms with E-state index in [4.69, 9.17) is 4.74 Å². The van der Waals surface area contributed by atoms with E-state index in [2.05, 4.69) is 38.2 Å². The minimum atomic E-state index is -0.400. The van der Waals surface area contributed by atoms with E-state index in [0.717, 1.165) is 5.75 Å². The maximum Gasteiger partial charge on any atom is 0.119 e. The van der Waals surface area contributed by atoms with Crippen molar-refractivity contribution in [3.8, 4) is 5.75 Å². The van der Waals surface area contributed by atoms with Crippen molar-refractivity contribution in [2.75, 3.05) is 20.3 Å². The third-order valence-corrected chi connectivity index (χ3v) is 3.23. The van der Waals surface area contributed by atoms with Gasteiger partial charge in [-0.2, -0.15) is 0 Å². The van der Waals surface area contributed by atoms with Crippen LogP contribution in [0.1, 0.15) is 33.3 Å². The highest BCUT2D eigenvalue weighted by atomic mass is 16.5. The van der Waals surface area contributed by atoms with Gasteiger partial charge in [-0.3, -0.25) is 0 Å². The van der Waals surface area contributed by atoms with Crippen LogP contribution in [0.25, 0.3) is 0 Å². The van der Waals surface area contributed by atoms with Crippen LogP contribution in [0.4, 0.5) is 0 Å². The maximum absolute atomic E-state index is 9.27. The number of aliphatic hydroxyl groups excluding tert-OH is 1. The van der Waals surface area contributed by atoms with Crippen LogP contribution in [0.15, 0.2) is 24.3 Å². The molecule has 0 bridgehead atoms. The van der Waals surface area contributed by atoms with Crippen LogP contribution >= 0.6 is 0 Å². The number of aliphatic hydroxyl groups is 1. The molecule has 0 aliphatic rings. The summed E-state index contributed by atoms with van der Waals surface area (Å²) >= 11 is 0. The van der Waals surface area contributed by atoms with E-state index in [1.807, 2.05) is 26.1 Å². The molecule has 0 saturated carbocycles. The Morgan fingerprint density at radius 3 is 2.06 bits per heavy atom. The van der Waals surface area contributed by atoms with Gasteiger partial charge in [-0.1, -0.05) is 32.9 Å². The summed E-state index contributed by atoms with van der Waals surface area (Å²) in [6, 6.07) is 8.14. The summed E-state index contributed by atoms with van der Waals surface area (Å²) < 4.78 is 5.70. The van der Waals surface area contributed by atoms with Crippen molar-refractivity contribution in [3.05, 3.63) is 29.8 Å². The summed E-state index contributed by atoms with van der Waals surface area (Å²) in [5, 5.41) is 12.3. The van der Waals surface area contributed by atoms with E-state index < -0.39 is 5.54 Å². The standard InChI is InChI=1S/C15H25NO2/c1-14(2,3)12-6-8-13(9-7-12)18-11-15(4,10-17)16-5/h6-9,16-17H,10-11H2,1-5H3. The molecule has 0 fully saturated rings. The van der Waals surface area contributed by atoms with Gasteiger partial charge in [-0.15, -0.1) is 0 Å². The van der Waals surface area contributed by atoms with E-state index in [1.54, 1.807) is 0 Å². The molecule has 3 heteroatoms. The Labute approximate surface area is 110 Å². The lowest BCUT2D eigenvalue weighted by atomic mass is 9.87. The van der Waals surface area contributed by atoms with E-state index in [-0.39, 0.29) is 12.0 Å². The summed E-state index contributed by atoms with van der Waals surface area (Å²) in [5.74, 6) is 0.831. The molecule has 102 valence electrons. The summed E-state index contributed by atoms with van der Waals surface area (Å²) in [4.78, 5) is 0. The first-order valence-electron chi connectivity index (χ1n) is 6.34. The monoisotopic (exact) mass is 251 g/mol. The Hall–Kier alpha value is -1.06. The predicted molar refractivity (Wildman–Crippen MR) is 75.2 cm³/mol. The smallest absolute Gasteiger partial charge is 0.119 e. The quantitative estimate of drug-likeness (QED) is 0.844. The zero-order chi connectivity index (χ0) is 13.8. The van der Waals surface area contributed by atoms with Crippen LogP contribution in [-0.4, -0.2) is 30.9 Å². The fourth-order valence-corrected chi connectivity index (χ4v) is 1.49. The number of hydrogen-bond donors (Lipinski definition) is 2. The molecule has 0 spiro atoms. The predicted octanol–water partition coefficient (Wildman–Crippen LogP) is 2.33. The number of benzene rings is 1. The van der Waals surface area contributed by atoms with Crippen molar-refractivity contribution >= 4 is 0 Å². The molecule has 1 aromatic rings. The molecule has 2 N–H and O–H groups in total.